The topological polar surface area (TPSA) is 70.7 Å². The van der Waals surface area contributed by atoms with Crippen molar-refractivity contribution in [1.82, 2.24) is 4.90 Å². The largest absolute Gasteiger partial charge is 0.503 e. The molecule has 0 saturated carbocycles. The molecule has 1 N–H and O–H groups in total. The van der Waals surface area contributed by atoms with Gasteiger partial charge in [-0.2, -0.15) is 0 Å². The first-order chi connectivity index (χ1) is 12.4. The molecule has 1 unspecified atom stereocenters. The molecule has 5 heteroatoms. The van der Waals surface area contributed by atoms with E-state index >= 15 is 0 Å². The number of carbonyl (C=O) groups is 2. The number of carbonyl (C=O) groups excluding carboxylic acids is 2. The summed E-state index contributed by atoms with van der Waals surface area (Å²) in [6.07, 6.45) is 4.34. The summed E-state index contributed by atoms with van der Waals surface area (Å²) in [5, 5.41) is 10.2. The van der Waals surface area contributed by atoms with E-state index < -0.39 is 23.5 Å². The van der Waals surface area contributed by atoms with Crippen molar-refractivity contribution < 1.29 is 19.1 Å². The van der Waals surface area contributed by atoms with Gasteiger partial charge in [0.05, 0.1) is 17.9 Å². The number of amides is 1. The smallest absolute Gasteiger partial charge is 0.289 e. The SMILES string of the molecule is CC(C)c1ccc(C2C(C(=O)/C=C/c3ccco3)=C(O)C(=O)N2C)cc1. The molecule has 0 aliphatic carbocycles. The second-order valence-electron chi connectivity index (χ2n) is 6.62. The first-order valence-corrected chi connectivity index (χ1v) is 8.46. The number of aliphatic hydroxyl groups excluding tert-OH is 1. The Kier molecular flexibility index (Phi) is 4.80. The molecule has 0 bridgehead atoms. The molecule has 3 rings (SSSR count). The van der Waals surface area contributed by atoms with Crippen LogP contribution in [0.4, 0.5) is 0 Å². The summed E-state index contributed by atoms with van der Waals surface area (Å²) in [5.41, 5.74) is 2.03. The van der Waals surface area contributed by atoms with E-state index in [0.717, 1.165) is 5.56 Å². The fourth-order valence-corrected chi connectivity index (χ4v) is 3.06. The molecule has 1 amide bonds. The Morgan fingerprint density at radius 3 is 2.50 bits per heavy atom. The van der Waals surface area contributed by atoms with Crippen LogP contribution in [0, 0.1) is 0 Å². The van der Waals surface area contributed by atoms with Gasteiger partial charge in [-0.05, 0) is 41.3 Å². The van der Waals surface area contributed by atoms with Gasteiger partial charge < -0.3 is 14.4 Å². The van der Waals surface area contributed by atoms with Crippen molar-refractivity contribution >= 4 is 17.8 Å². The summed E-state index contributed by atoms with van der Waals surface area (Å²) in [4.78, 5) is 26.3. The van der Waals surface area contributed by atoms with E-state index in [2.05, 4.69) is 13.8 Å². The van der Waals surface area contributed by atoms with E-state index in [9.17, 15) is 14.7 Å². The molecule has 0 radical (unpaired) electrons. The predicted octanol–water partition coefficient (Wildman–Crippen LogP) is 4.01. The van der Waals surface area contributed by atoms with Crippen LogP contribution in [0.1, 0.15) is 42.7 Å². The number of benzene rings is 1. The number of furan rings is 1. The third kappa shape index (κ3) is 3.20. The molecule has 2 heterocycles. The lowest BCUT2D eigenvalue weighted by Gasteiger charge is -2.22. The van der Waals surface area contributed by atoms with Crippen LogP contribution in [0.3, 0.4) is 0 Å². The number of hydrogen-bond donors (Lipinski definition) is 1. The van der Waals surface area contributed by atoms with E-state index in [0.29, 0.717) is 11.7 Å². The van der Waals surface area contributed by atoms with Crippen molar-refractivity contribution in [3.8, 4) is 0 Å². The minimum Gasteiger partial charge on any atom is -0.503 e. The van der Waals surface area contributed by atoms with Crippen LogP contribution >= 0.6 is 0 Å². The molecule has 0 saturated heterocycles. The Hall–Kier alpha value is -3.08. The second-order valence-corrected chi connectivity index (χ2v) is 6.62. The monoisotopic (exact) mass is 351 g/mol. The minimum atomic E-state index is -0.613. The van der Waals surface area contributed by atoms with E-state index in [1.165, 1.54) is 28.9 Å². The van der Waals surface area contributed by atoms with Crippen molar-refractivity contribution in [2.75, 3.05) is 7.05 Å². The van der Waals surface area contributed by atoms with E-state index in [1.54, 1.807) is 19.2 Å². The summed E-state index contributed by atoms with van der Waals surface area (Å²) in [5.74, 6) is -0.575. The highest BCUT2D eigenvalue weighted by atomic mass is 16.3. The van der Waals surface area contributed by atoms with Crippen molar-refractivity contribution in [2.45, 2.75) is 25.8 Å². The van der Waals surface area contributed by atoms with Gasteiger partial charge in [-0.1, -0.05) is 38.1 Å². The molecule has 1 aliphatic heterocycles. The van der Waals surface area contributed by atoms with Gasteiger partial charge in [-0.3, -0.25) is 9.59 Å². The Balaban J connectivity index is 1.94. The van der Waals surface area contributed by atoms with Crippen molar-refractivity contribution in [2.24, 2.45) is 0 Å². The number of likely N-dealkylation sites (N-methyl/N-ethyl adjacent to an activating group) is 1. The Bertz CT molecular complexity index is 873. The number of nitrogens with zero attached hydrogens (tertiary/aromatic N) is 1. The number of ketones is 1. The molecule has 0 fully saturated rings. The number of hydrogen-bond acceptors (Lipinski definition) is 4. The quantitative estimate of drug-likeness (QED) is 0.826. The van der Waals surface area contributed by atoms with E-state index in [1.807, 2.05) is 24.3 Å². The zero-order valence-electron chi connectivity index (χ0n) is 15.0. The summed E-state index contributed by atoms with van der Waals surface area (Å²) in [6, 6.07) is 10.6. The van der Waals surface area contributed by atoms with Gasteiger partial charge in [0, 0.05) is 7.05 Å². The van der Waals surface area contributed by atoms with Gasteiger partial charge in [0.15, 0.2) is 11.5 Å². The highest BCUT2D eigenvalue weighted by molar-refractivity contribution is 6.14. The van der Waals surface area contributed by atoms with Crippen molar-refractivity contribution in [3.05, 3.63) is 77.0 Å². The molecular formula is C21H21NO4. The Labute approximate surface area is 152 Å². The molecule has 26 heavy (non-hydrogen) atoms. The number of aliphatic hydroxyl groups is 1. The van der Waals surface area contributed by atoms with Crippen molar-refractivity contribution in [1.29, 1.82) is 0 Å². The lowest BCUT2D eigenvalue weighted by Crippen LogP contribution is -2.26. The molecule has 1 atom stereocenters. The van der Waals surface area contributed by atoms with Gasteiger partial charge in [0.2, 0.25) is 0 Å². The zero-order chi connectivity index (χ0) is 18.8. The maximum absolute atomic E-state index is 12.7. The van der Waals surface area contributed by atoms with Gasteiger partial charge in [-0.15, -0.1) is 0 Å². The maximum Gasteiger partial charge on any atom is 0.289 e. The standard InChI is InChI=1S/C21H21NO4/c1-13(2)14-6-8-15(9-7-14)19-18(20(24)21(25)22(19)3)17(23)11-10-16-5-4-12-26-16/h4-13,19,24H,1-3H3/b11-10+. The Morgan fingerprint density at radius 2 is 1.92 bits per heavy atom. The van der Waals surface area contributed by atoms with Crippen LogP contribution in [0.25, 0.3) is 6.08 Å². The van der Waals surface area contributed by atoms with E-state index in [4.69, 9.17) is 4.42 Å². The van der Waals surface area contributed by atoms with Crippen LogP contribution in [-0.4, -0.2) is 28.7 Å². The fourth-order valence-electron chi connectivity index (χ4n) is 3.06. The first-order valence-electron chi connectivity index (χ1n) is 8.46. The summed E-state index contributed by atoms with van der Waals surface area (Å²) < 4.78 is 5.17. The molecule has 1 aromatic carbocycles. The average molecular weight is 351 g/mol. The summed E-state index contributed by atoms with van der Waals surface area (Å²) in [6.45, 7) is 4.20. The third-order valence-corrected chi connectivity index (χ3v) is 4.57. The maximum atomic E-state index is 12.7. The molecule has 0 spiro atoms. The molecule has 1 aliphatic rings. The normalized spacial score (nSPS) is 17.8. The summed E-state index contributed by atoms with van der Waals surface area (Å²) >= 11 is 0. The average Bonchev–Trinajstić information content (AvgIpc) is 3.22. The predicted molar refractivity (Wildman–Crippen MR) is 98.4 cm³/mol. The lowest BCUT2D eigenvalue weighted by atomic mass is 9.93. The second kappa shape index (κ2) is 7.04. The molecule has 134 valence electrons. The zero-order valence-corrected chi connectivity index (χ0v) is 15.0. The fraction of sp³-hybridized carbons (Fsp3) is 0.238. The molecular weight excluding hydrogens is 330 g/mol. The minimum absolute atomic E-state index is 0.0811. The van der Waals surface area contributed by atoms with Crippen LogP contribution in [0.2, 0.25) is 0 Å². The van der Waals surface area contributed by atoms with Gasteiger partial charge in [0.25, 0.3) is 5.91 Å². The van der Waals surface area contributed by atoms with Crippen LogP contribution in [0.15, 0.2) is 64.5 Å². The Morgan fingerprint density at radius 1 is 1.23 bits per heavy atom. The van der Waals surface area contributed by atoms with E-state index in [-0.39, 0.29) is 5.57 Å². The highest BCUT2D eigenvalue weighted by Crippen LogP contribution is 2.37. The van der Waals surface area contributed by atoms with Crippen molar-refractivity contribution in [3.63, 3.8) is 0 Å². The first kappa shape index (κ1) is 17.7. The van der Waals surface area contributed by atoms with Crippen LogP contribution in [0.5, 0.6) is 0 Å². The molecule has 1 aromatic heterocycles. The molecule has 2 aromatic rings. The van der Waals surface area contributed by atoms with Gasteiger partial charge >= 0.3 is 0 Å². The van der Waals surface area contributed by atoms with Crippen LogP contribution in [-0.2, 0) is 9.59 Å². The van der Waals surface area contributed by atoms with Crippen LogP contribution < -0.4 is 0 Å². The molecule has 5 nitrogen and oxygen atoms in total. The third-order valence-electron chi connectivity index (χ3n) is 4.57. The lowest BCUT2D eigenvalue weighted by molar-refractivity contribution is -0.128. The summed E-state index contributed by atoms with van der Waals surface area (Å²) in [7, 11) is 1.58. The number of allylic oxidation sites excluding steroid dienone is 1. The van der Waals surface area contributed by atoms with Gasteiger partial charge in [0.1, 0.15) is 5.76 Å². The number of rotatable bonds is 5. The van der Waals surface area contributed by atoms with Gasteiger partial charge in [-0.25, -0.2) is 0 Å². The highest BCUT2D eigenvalue weighted by Gasteiger charge is 2.40.